The van der Waals surface area contributed by atoms with E-state index in [1.165, 1.54) is 0 Å². The Balaban J connectivity index is 2.28. The first-order valence-electron chi connectivity index (χ1n) is 4.41. The topological polar surface area (TPSA) is 87.1 Å². The first-order chi connectivity index (χ1) is 6.47. The van der Waals surface area contributed by atoms with Gasteiger partial charge in [-0.25, -0.2) is 0 Å². The van der Waals surface area contributed by atoms with Crippen LogP contribution in [-0.4, -0.2) is 67.7 Å². The Morgan fingerprint density at radius 1 is 1.36 bits per heavy atom. The molecule has 14 heavy (non-hydrogen) atoms. The fourth-order valence-electron chi connectivity index (χ4n) is 1.38. The van der Waals surface area contributed by atoms with E-state index in [1.54, 1.807) is 0 Å². The number of ether oxygens (including phenoxy) is 1. The Bertz CT molecular complexity index is 259. The molecule has 1 aliphatic rings. The van der Waals surface area contributed by atoms with Gasteiger partial charge in [-0.2, -0.15) is 8.42 Å². The van der Waals surface area contributed by atoms with E-state index < -0.39 is 22.0 Å². The van der Waals surface area contributed by atoms with Crippen molar-refractivity contribution in [2.75, 3.05) is 38.6 Å². The summed E-state index contributed by atoms with van der Waals surface area (Å²) in [7, 11) is -4.08. The molecule has 0 radical (unpaired) electrons. The molecular formula is C7H15NO5S. The first-order valence-corrected chi connectivity index (χ1v) is 6.01. The smallest absolute Gasteiger partial charge is 0.267 e. The molecule has 0 saturated carbocycles. The maximum atomic E-state index is 10.4. The number of hydrogen-bond acceptors (Lipinski definition) is 5. The second kappa shape index (κ2) is 5.04. The first kappa shape index (κ1) is 11.9. The van der Waals surface area contributed by atoms with E-state index in [-0.39, 0.29) is 6.54 Å². The monoisotopic (exact) mass is 225 g/mol. The Morgan fingerprint density at radius 2 is 1.93 bits per heavy atom. The normalized spacial score (nSPS) is 22.1. The number of aliphatic hydroxyl groups is 1. The zero-order chi connectivity index (χ0) is 10.6. The minimum absolute atomic E-state index is 0.253. The minimum Gasteiger partial charge on any atom is -0.391 e. The van der Waals surface area contributed by atoms with E-state index in [0.29, 0.717) is 26.3 Å². The second-order valence-electron chi connectivity index (χ2n) is 3.32. The largest absolute Gasteiger partial charge is 0.391 e. The highest BCUT2D eigenvalue weighted by molar-refractivity contribution is 7.85. The zero-order valence-electron chi connectivity index (χ0n) is 7.79. The molecule has 84 valence electrons. The summed E-state index contributed by atoms with van der Waals surface area (Å²) >= 11 is 0. The predicted octanol–water partition coefficient (Wildman–Crippen LogP) is -1.43. The van der Waals surface area contributed by atoms with Gasteiger partial charge in [0.25, 0.3) is 10.1 Å². The minimum atomic E-state index is -4.08. The van der Waals surface area contributed by atoms with Gasteiger partial charge >= 0.3 is 0 Å². The van der Waals surface area contributed by atoms with Crippen LogP contribution >= 0.6 is 0 Å². The number of aliphatic hydroxyl groups excluding tert-OH is 1. The van der Waals surface area contributed by atoms with Gasteiger partial charge < -0.3 is 9.84 Å². The Morgan fingerprint density at radius 3 is 2.43 bits per heavy atom. The van der Waals surface area contributed by atoms with Crippen LogP contribution in [0, 0.1) is 0 Å². The van der Waals surface area contributed by atoms with E-state index in [4.69, 9.17) is 9.29 Å². The standard InChI is InChI=1S/C7H15NO5S/c9-7(6-14(10,11)12)5-8-1-3-13-4-2-8/h7,9H,1-6H2,(H,10,11,12)/t7-/m1/s1. The van der Waals surface area contributed by atoms with Crippen LogP contribution in [0.25, 0.3) is 0 Å². The van der Waals surface area contributed by atoms with Crippen LogP contribution in [0.3, 0.4) is 0 Å². The lowest BCUT2D eigenvalue weighted by molar-refractivity contribution is 0.0184. The van der Waals surface area contributed by atoms with Crippen molar-refractivity contribution in [1.82, 2.24) is 4.90 Å². The fraction of sp³-hybridized carbons (Fsp3) is 1.00. The third-order valence-electron chi connectivity index (χ3n) is 1.98. The molecule has 0 spiro atoms. The van der Waals surface area contributed by atoms with Gasteiger partial charge in [0.15, 0.2) is 0 Å². The molecule has 0 bridgehead atoms. The maximum Gasteiger partial charge on any atom is 0.267 e. The molecule has 0 aliphatic carbocycles. The van der Waals surface area contributed by atoms with E-state index >= 15 is 0 Å². The van der Waals surface area contributed by atoms with Crippen molar-refractivity contribution in [2.24, 2.45) is 0 Å². The Kier molecular flexibility index (Phi) is 4.27. The highest BCUT2D eigenvalue weighted by atomic mass is 32.2. The van der Waals surface area contributed by atoms with Crippen molar-refractivity contribution in [2.45, 2.75) is 6.10 Å². The van der Waals surface area contributed by atoms with Crippen LogP contribution < -0.4 is 0 Å². The number of hydrogen-bond donors (Lipinski definition) is 2. The van der Waals surface area contributed by atoms with Crippen molar-refractivity contribution < 1.29 is 22.8 Å². The quantitative estimate of drug-likeness (QED) is 0.570. The van der Waals surface area contributed by atoms with Crippen molar-refractivity contribution in [1.29, 1.82) is 0 Å². The average molecular weight is 225 g/mol. The van der Waals surface area contributed by atoms with E-state index in [2.05, 4.69) is 0 Å². The molecule has 0 aromatic heterocycles. The summed E-state index contributed by atoms with van der Waals surface area (Å²) < 4.78 is 34.4. The summed E-state index contributed by atoms with van der Waals surface area (Å²) in [5.74, 6) is -0.607. The lowest BCUT2D eigenvalue weighted by Gasteiger charge is -2.28. The number of rotatable bonds is 4. The van der Waals surface area contributed by atoms with Crippen molar-refractivity contribution in [3.63, 3.8) is 0 Å². The van der Waals surface area contributed by atoms with E-state index in [9.17, 15) is 13.5 Å². The molecule has 1 fully saturated rings. The lowest BCUT2D eigenvalue weighted by atomic mass is 10.3. The predicted molar refractivity (Wildman–Crippen MR) is 49.7 cm³/mol. The van der Waals surface area contributed by atoms with Crippen molar-refractivity contribution in [3.05, 3.63) is 0 Å². The Labute approximate surface area is 83.2 Å². The molecule has 0 aromatic carbocycles. The SMILES string of the molecule is O=S(=O)(O)C[C@H](O)CN1CCOCC1. The Hall–Kier alpha value is -0.210. The van der Waals surface area contributed by atoms with Gasteiger partial charge in [-0.15, -0.1) is 0 Å². The van der Waals surface area contributed by atoms with Gasteiger partial charge in [-0.3, -0.25) is 9.45 Å². The van der Waals surface area contributed by atoms with E-state index in [1.807, 2.05) is 4.90 Å². The molecule has 1 heterocycles. The van der Waals surface area contributed by atoms with Crippen molar-refractivity contribution in [3.8, 4) is 0 Å². The summed E-state index contributed by atoms with van der Waals surface area (Å²) in [5.41, 5.74) is 0. The molecule has 2 N–H and O–H groups in total. The molecule has 0 unspecified atom stereocenters. The highest BCUT2D eigenvalue weighted by Crippen LogP contribution is 2.00. The molecule has 6 nitrogen and oxygen atoms in total. The maximum absolute atomic E-state index is 10.4. The summed E-state index contributed by atoms with van der Waals surface area (Å²) in [6, 6.07) is 0. The van der Waals surface area contributed by atoms with Crippen LogP contribution in [0.15, 0.2) is 0 Å². The van der Waals surface area contributed by atoms with Crippen LogP contribution in [0.2, 0.25) is 0 Å². The van der Waals surface area contributed by atoms with Gasteiger partial charge in [-0.1, -0.05) is 0 Å². The van der Waals surface area contributed by atoms with Crippen LogP contribution in [0.4, 0.5) is 0 Å². The van der Waals surface area contributed by atoms with Crippen LogP contribution in [0.5, 0.6) is 0 Å². The summed E-state index contributed by atoms with van der Waals surface area (Å²) in [5, 5.41) is 9.32. The van der Waals surface area contributed by atoms with E-state index in [0.717, 1.165) is 0 Å². The summed E-state index contributed by atoms with van der Waals surface area (Å²) in [6.45, 7) is 2.81. The highest BCUT2D eigenvalue weighted by Gasteiger charge is 2.19. The molecule has 1 rings (SSSR count). The lowest BCUT2D eigenvalue weighted by Crippen LogP contribution is -2.42. The van der Waals surface area contributed by atoms with Gasteiger partial charge in [0.2, 0.25) is 0 Å². The molecule has 1 saturated heterocycles. The summed E-state index contributed by atoms with van der Waals surface area (Å²) in [6.07, 6.45) is -1.04. The molecule has 0 aromatic rings. The van der Waals surface area contributed by atoms with Gasteiger partial charge in [-0.05, 0) is 0 Å². The average Bonchev–Trinajstić information content (AvgIpc) is 2.02. The number of morpholine rings is 1. The molecule has 7 heteroatoms. The number of nitrogens with zero attached hydrogens (tertiary/aromatic N) is 1. The molecule has 0 amide bonds. The number of β-amino-alcohol motifs (C(OH)–C–C–N with tert-alkyl or cyclic N) is 1. The van der Waals surface area contributed by atoms with Crippen LogP contribution in [0.1, 0.15) is 0 Å². The third kappa shape index (κ3) is 4.87. The van der Waals surface area contributed by atoms with Gasteiger partial charge in [0.1, 0.15) is 5.75 Å². The molecule has 1 aliphatic heterocycles. The molecular weight excluding hydrogens is 210 g/mol. The fourth-order valence-corrected chi connectivity index (χ4v) is 1.97. The zero-order valence-corrected chi connectivity index (χ0v) is 8.61. The van der Waals surface area contributed by atoms with Gasteiger partial charge in [0.05, 0.1) is 19.3 Å². The molecule has 1 atom stereocenters. The second-order valence-corrected chi connectivity index (χ2v) is 4.81. The summed E-state index contributed by atoms with van der Waals surface area (Å²) in [4.78, 5) is 1.90. The third-order valence-corrected chi connectivity index (χ3v) is 2.78. The van der Waals surface area contributed by atoms with Crippen molar-refractivity contribution >= 4 is 10.1 Å². The van der Waals surface area contributed by atoms with Crippen LogP contribution in [-0.2, 0) is 14.9 Å². The van der Waals surface area contributed by atoms with Gasteiger partial charge in [0, 0.05) is 19.6 Å².